The van der Waals surface area contributed by atoms with E-state index in [1.807, 2.05) is 13.0 Å². The molecule has 18 heavy (non-hydrogen) atoms. The van der Waals surface area contributed by atoms with E-state index in [1.165, 1.54) is 6.42 Å². The van der Waals surface area contributed by atoms with Gasteiger partial charge in [-0.3, -0.25) is 0 Å². The number of hydrogen-bond donors (Lipinski definition) is 1. The van der Waals surface area contributed by atoms with E-state index in [9.17, 15) is 5.11 Å². The summed E-state index contributed by atoms with van der Waals surface area (Å²) in [6, 6.07) is 0. The first-order valence-corrected chi connectivity index (χ1v) is 7.36. The Bertz CT molecular complexity index is 270. The number of ether oxygens (including phenoxy) is 1. The van der Waals surface area contributed by atoms with Crippen molar-refractivity contribution in [3.63, 3.8) is 0 Å². The monoisotopic (exact) mass is 253 g/mol. The number of hydrogen-bond acceptors (Lipinski definition) is 3. The van der Waals surface area contributed by atoms with Crippen LogP contribution in [0.1, 0.15) is 39.0 Å². The lowest BCUT2D eigenvalue weighted by molar-refractivity contribution is -0.209. The molecule has 0 aromatic heterocycles. The molecule has 0 aromatic carbocycles. The van der Waals surface area contributed by atoms with E-state index in [-0.39, 0.29) is 11.5 Å². The second kappa shape index (κ2) is 6.18. The normalized spacial score (nSPS) is 31.2. The summed E-state index contributed by atoms with van der Waals surface area (Å²) in [4.78, 5) is 2.52. The van der Waals surface area contributed by atoms with Crippen LogP contribution in [0.3, 0.4) is 0 Å². The molecular weight excluding hydrogens is 226 g/mol. The van der Waals surface area contributed by atoms with E-state index in [2.05, 4.69) is 11.5 Å². The number of allylic oxidation sites excluding steroid dienone is 1. The van der Waals surface area contributed by atoms with E-state index in [4.69, 9.17) is 4.74 Å². The minimum Gasteiger partial charge on any atom is -0.392 e. The number of aliphatic hydroxyl groups excluding tert-OH is 1. The molecule has 2 fully saturated rings. The van der Waals surface area contributed by atoms with Gasteiger partial charge in [0, 0.05) is 18.4 Å². The molecule has 1 N–H and O–H groups in total. The van der Waals surface area contributed by atoms with Crippen molar-refractivity contribution in [3.8, 4) is 0 Å². The van der Waals surface area contributed by atoms with Gasteiger partial charge in [-0.1, -0.05) is 6.08 Å². The predicted molar refractivity (Wildman–Crippen MR) is 73.6 cm³/mol. The molecule has 2 aliphatic rings. The van der Waals surface area contributed by atoms with Crippen LogP contribution in [-0.4, -0.2) is 48.5 Å². The van der Waals surface area contributed by atoms with Gasteiger partial charge >= 0.3 is 0 Å². The highest BCUT2D eigenvalue weighted by atomic mass is 16.5. The second-order valence-electron chi connectivity index (χ2n) is 5.70. The Morgan fingerprint density at radius 2 is 2.17 bits per heavy atom. The third-order valence-electron chi connectivity index (χ3n) is 4.78. The Hall–Kier alpha value is -0.380. The van der Waals surface area contributed by atoms with Gasteiger partial charge in [0.2, 0.25) is 0 Å². The van der Waals surface area contributed by atoms with E-state index in [0.717, 1.165) is 51.9 Å². The largest absolute Gasteiger partial charge is 0.392 e. The Kier molecular flexibility index (Phi) is 4.82. The van der Waals surface area contributed by atoms with Gasteiger partial charge in [0.1, 0.15) is 0 Å². The average Bonchev–Trinajstić information content (AvgIpc) is 2.40. The molecule has 0 radical (unpaired) electrons. The second-order valence-corrected chi connectivity index (χ2v) is 5.70. The van der Waals surface area contributed by atoms with Crippen molar-refractivity contribution >= 4 is 0 Å². The van der Waals surface area contributed by atoms with Crippen molar-refractivity contribution < 1.29 is 9.84 Å². The maximum absolute atomic E-state index is 10.1. The van der Waals surface area contributed by atoms with Gasteiger partial charge in [0.15, 0.2) is 0 Å². The van der Waals surface area contributed by atoms with Crippen molar-refractivity contribution in [2.24, 2.45) is 5.41 Å². The zero-order chi connectivity index (χ0) is 13.0. The maximum atomic E-state index is 10.1. The smallest absolute Gasteiger partial charge is 0.0681 e. The van der Waals surface area contributed by atoms with Gasteiger partial charge < -0.3 is 14.7 Å². The summed E-state index contributed by atoms with van der Waals surface area (Å²) in [7, 11) is 0. The highest BCUT2D eigenvalue weighted by Crippen LogP contribution is 2.50. The summed E-state index contributed by atoms with van der Waals surface area (Å²) in [5.41, 5.74) is 0.0744. The number of aliphatic hydroxyl groups is 1. The minimum absolute atomic E-state index is 0.0744. The SMILES string of the molecule is C=CCCCN1CCC2(CC1)C(O)CC2OCC. The molecule has 1 aliphatic carbocycles. The summed E-state index contributed by atoms with van der Waals surface area (Å²) in [5.74, 6) is 0. The first-order valence-electron chi connectivity index (χ1n) is 7.36. The van der Waals surface area contributed by atoms with Crippen molar-refractivity contribution in [1.29, 1.82) is 0 Å². The number of rotatable bonds is 6. The zero-order valence-electron chi connectivity index (χ0n) is 11.6. The standard InChI is InChI=1S/C15H27NO2/c1-3-5-6-9-16-10-7-15(8-11-16)13(17)12-14(15)18-4-2/h3,13-14,17H,1,4-12H2,2H3. The molecule has 2 atom stereocenters. The lowest BCUT2D eigenvalue weighted by Gasteiger charge is -2.56. The van der Waals surface area contributed by atoms with Crippen LogP contribution in [0.4, 0.5) is 0 Å². The fraction of sp³-hybridized carbons (Fsp3) is 0.867. The van der Waals surface area contributed by atoms with Crippen LogP contribution < -0.4 is 0 Å². The van der Waals surface area contributed by atoms with E-state index in [0.29, 0.717) is 6.10 Å². The van der Waals surface area contributed by atoms with E-state index < -0.39 is 0 Å². The Morgan fingerprint density at radius 3 is 2.72 bits per heavy atom. The molecule has 3 nitrogen and oxygen atoms in total. The van der Waals surface area contributed by atoms with E-state index >= 15 is 0 Å². The van der Waals surface area contributed by atoms with Crippen molar-refractivity contribution in [3.05, 3.63) is 12.7 Å². The highest BCUT2D eigenvalue weighted by molar-refractivity contribution is 5.06. The fourth-order valence-corrected chi connectivity index (χ4v) is 3.47. The minimum atomic E-state index is -0.135. The molecule has 2 rings (SSSR count). The van der Waals surface area contributed by atoms with E-state index in [1.54, 1.807) is 0 Å². The molecule has 1 aliphatic heterocycles. The summed E-state index contributed by atoms with van der Waals surface area (Å²) in [6.07, 6.45) is 7.48. The highest BCUT2D eigenvalue weighted by Gasteiger charge is 2.55. The van der Waals surface area contributed by atoms with Crippen LogP contribution in [0, 0.1) is 5.41 Å². The molecule has 1 saturated carbocycles. The third kappa shape index (κ3) is 2.63. The average molecular weight is 253 g/mol. The van der Waals surface area contributed by atoms with Crippen molar-refractivity contribution in [2.75, 3.05) is 26.2 Å². The summed E-state index contributed by atoms with van der Waals surface area (Å²) >= 11 is 0. The van der Waals surface area contributed by atoms with Crippen molar-refractivity contribution in [2.45, 2.75) is 51.2 Å². The zero-order valence-corrected chi connectivity index (χ0v) is 11.6. The van der Waals surface area contributed by atoms with Gasteiger partial charge in [-0.05, 0) is 52.2 Å². The number of likely N-dealkylation sites (tertiary alicyclic amines) is 1. The molecular formula is C15H27NO2. The lowest BCUT2D eigenvalue weighted by Crippen LogP contribution is -2.62. The molecule has 1 saturated heterocycles. The van der Waals surface area contributed by atoms with Crippen LogP contribution >= 0.6 is 0 Å². The Morgan fingerprint density at radius 1 is 1.44 bits per heavy atom. The third-order valence-corrected chi connectivity index (χ3v) is 4.78. The Balaban J connectivity index is 1.79. The van der Waals surface area contributed by atoms with Crippen LogP contribution in [0.25, 0.3) is 0 Å². The van der Waals surface area contributed by atoms with Gasteiger partial charge in [0.25, 0.3) is 0 Å². The summed E-state index contributed by atoms with van der Waals surface area (Å²) in [5, 5.41) is 10.1. The molecule has 3 heteroatoms. The molecule has 104 valence electrons. The topological polar surface area (TPSA) is 32.7 Å². The lowest BCUT2D eigenvalue weighted by atomic mass is 9.58. The van der Waals surface area contributed by atoms with Crippen LogP contribution in [-0.2, 0) is 4.74 Å². The number of unbranched alkanes of at least 4 members (excludes halogenated alkanes) is 1. The van der Waals surface area contributed by atoms with Crippen molar-refractivity contribution in [1.82, 2.24) is 4.90 Å². The fourth-order valence-electron chi connectivity index (χ4n) is 3.47. The van der Waals surface area contributed by atoms with Crippen LogP contribution in [0.15, 0.2) is 12.7 Å². The van der Waals surface area contributed by atoms with Crippen LogP contribution in [0.2, 0.25) is 0 Å². The number of nitrogens with zero attached hydrogens (tertiary/aromatic N) is 1. The summed E-state index contributed by atoms with van der Waals surface area (Å²) < 4.78 is 5.78. The molecule has 0 aromatic rings. The Labute approximate surface area is 111 Å². The molecule has 0 bridgehead atoms. The molecule has 1 spiro atoms. The maximum Gasteiger partial charge on any atom is 0.0681 e. The first kappa shape index (κ1) is 14.0. The molecule has 0 amide bonds. The summed E-state index contributed by atoms with van der Waals surface area (Å²) in [6.45, 7) is 9.95. The van der Waals surface area contributed by atoms with Gasteiger partial charge in [-0.2, -0.15) is 0 Å². The molecule has 2 unspecified atom stereocenters. The van der Waals surface area contributed by atoms with Crippen LogP contribution in [0.5, 0.6) is 0 Å². The molecule has 1 heterocycles. The quantitative estimate of drug-likeness (QED) is 0.582. The number of piperidine rings is 1. The predicted octanol–water partition coefficient (Wildman–Crippen LogP) is 2.20. The van der Waals surface area contributed by atoms with Gasteiger partial charge in [-0.15, -0.1) is 6.58 Å². The van der Waals surface area contributed by atoms with Gasteiger partial charge in [0.05, 0.1) is 12.2 Å². The van der Waals surface area contributed by atoms with Gasteiger partial charge in [-0.25, -0.2) is 0 Å². The first-order chi connectivity index (χ1) is 8.73.